The van der Waals surface area contributed by atoms with Crippen molar-refractivity contribution in [3.8, 4) is 16.8 Å². The van der Waals surface area contributed by atoms with Crippen LogP contribution in [0.3, 0.4) is 0 Å². The van der Waals surface area contributed by atoms with Crippen LogP contribution >= 0.6 is 0 Å². The van der Waals surface area contributed by atoms with E-state index in [9.17, 15) is 0 Å². The number of hydrogen-bond donors (Lipinski definition) is 0. The van der Waals surface area contributed by atoms with Crippen LogP contribution in [0, 0.1) is 0 Å². The van der Waals surface area contributed by atoms with Crippen LogP contribution in [0.15, 0.2) is 116 Å². The van der Waals surface area contributed by atoms with E-state index in [0.29, 0.717) is 0 Å². The van der Waals surface area contributed by atoms with E-state index in [1.807, 2.05) is 30.7 Å². The Balaban J connectivity index is 1.31. The fraction of sp³-hybridized carbons (Fsp3) is 0.0278. The van der Waals surface area contributed by atoms with Crippen LogP contribution in [0.5, 0.6) is 0 Å². The molecule has 0 N–H and O–H groups in total. The molecule has 0 saturated heterocycles. The zero-order valence-corrected chi connectivity index (χ0v) is 21.9. The molecule has 41 heavy (non-hydrogen) atoms. The Morgan fingerprint density at radius 1 is 0.585 bits per heavy atom. The highest BCUT2D eigenvalue weighted by Gasteiger charge is 2.25. The highest BCUT2D eigenvalue weighted by molar-refractivity contribution is 6.15. The first-order chi connectivity index (χ1) is 20.3. The predicted molar refractivity (Wildman–Crippen MR) is 166 cm³/mol. The van der Waals surface area contributed by atoms with E-state index in [-0.39, 0.29) is 0 Å². The van der Waals surface area contributed by atoms with Crippen LogP contribution < -0.4 is 0 Å². The molecule has 0 radical (unpaired) electrons. The number of rotatable bonds is 1. The van der Waals surface area contributed by atoms with Crippen molar-refractivity contribution in [1.29, 1.82) is 0 Å². The average molecular weight is 524 g/mol. The topological polar surface area (TPSA) is 48.0 Å². The van der Waals surface area contributed by atoms with Crippen LogP contribution in [0.25, 0.3) is 77.1 Å². The molecule has 0 saturated carbocycles. The smallest absolute Gasteiger partial charge is 0.146 e. The summed E-state index contributed by atoms with van der Waals surface area (Å²) in [5, 5.41) is 4.83. The number of aromatic nitrogens is 5. The quantitative estimate of drug-likeness (QED) is 0.204. The van der Waals surface area contributed by atoms with Gasteiger partial charge in [-0.3, -0.25) is 14.4 Å². The molecule has 0 unspecified atom stereocenters. The first kappa shape index (κ1) is 21.3. The van der Waals surface area contributed by atoms with Crippen molar-refractivity contribution in [3.05, 3.63) is 127 Å². The van der Waals surface area contributed by atoms with Gasteiger partial charge in [-0.1, -0.05) is 36.4 Å². The molecule has 5 heteroatoms. The van der Waals surface area contributed by atoms with Gasteiger partial charge in [0, 0.05) is 39.6 Å². The molecule has 0 amide bonds. The maximum absolute atomic E-state index is 5.05. The van der Waals surface area contributed by atoms with Crippen molar-refractivity contribution >= 4 is 60.3 Å². The van der Waals surface area contributed by atoms with E-state index in [0.717, 1.165) is 44.9 Å². The summed E-state index contributed by atoms with van der Waals surface area (Å²) in [5.41, 5.74) is 13.9. The molecular weight excluding hydrogens is 502 g/mol. The Morgan fingerprint density at radius 3 is 2.32 bits per heavy atom. The summed E-state index contributed by atoms with van der Waals surface area (Å²) in [6, 6.07) is 35.1. The van der Waals surface area contributed by atoms with E-state index in [2.05, 4.69) is 98.9 Å². The summed E-state index contributed by atoms with van der Waals surface area (Å²) >= 11 is 0. The largest absolute Gasteiger partial charge is 0.309 e. The average Bonchev–Trinajstić information content (AvgIpc) is 3.69. The number of fused-ring (bicyclic) bond motifs is 14. The Kier molecular flexibility index (Phi) is 3.92. The van der Waals surface area contributed by atoms with Crippen molar-refractivity contribution in [2.45, 2.75) is 6.42 Å². The van der Waals surface area contributed by atoms with Crippen molar-refractivity contribution in [2.24, 2.45) is 0 Å². The summed E-state index contributed by atoms with van der Waals surface area (Å²) in [6.45, 7) is 0. The minimum Gasteiger partial charge on any atom is -0.309 e. The molecule has 5 heterocycles. The molecule has 10 rings (SSSR count). The molecule has 9 aromatic rings. The monoisotopic (exact) mass is 523 g/mol. The number of hydrogen-bond acceptors (Lipinski definition) is 3. The summed E-state index contributed by atoms with van der Waals surface area (Å²) in [7, 11) is 0. The zero-order chi connectivity index (χ0) is 26.7. The van der Waals surface area contributed by atoms with Gasteiger partial charge in [-0.15, -0.1) is 0 Å². The minimum absolute atomic E-state index is 0.894. The van der Waals surface area contributed by atoms with Gasteiger partial charge in [-0.05, 0) is 89.3 Å². The van der Waals surface area contributed by atoms with E-state index < -0.39 is 0 Å². The van der Waals surface area contributed by atoms with E-state index in [1.165, 1.54) is 49.7 Å². The van der Waals surface area contributed by atoms with Gasteiger partial charge in [-0.2, -0.15) is 0 Å². The second-order valence-electron chi connectivity index (χ2n) is 11.0. The van der Waals surface area contributed by atoms with Crippen molar-refractivity contribution < 1.29 is 0 Å². The van der Waals surface area contributed by atoms with Gasteiger partial charge in [0.2, 0.25) is 0 Å². The third-order valence-corrected chi connectivity index (χ3v) is 8.81. The number of pyridine rings is 3. The van der Waals surface area contributed by atoms with Gasteiger partial charge in [0.05, 0.1) is 33.8 Å². The van der Waals surface area contributed by atoms with Gasteiger partial charge in [-0.25, -0.2) is 4.98 Å². The number of nitrogens with zero attached hydrogens (tertiary/aromatic N) is 5. The molecule has 5 nitrogen and oxygen atoms in total. The molecule has 190 valence electrons. The maximum atomic E-state index is 5.05. The van der Waals surface area contributed by atoms with Gasteiger partial charge in [0.1, 0.15) is 11.2 Å². The van der Waals surface area contributed by atoms with E-state index >= 15 is 0 Å². The van der Waals surface area contributed by atoms with Gasteiger partial charge in [0.25, 0.3) is 0 Å². The second kappa shape index (κ2) is 7.55. The molecule has 0 aliphatic heterocycles. The molecule has 0 atom stereocenters. The summed E-state index contributed by atoms with van der Waals surface area (Å²) in [6.07, 6.45) is 6.46. The molecule has 1 aliphatic carbocycles. The minimum atomic E-state index is 0.894. The SMILES string of the molecule is c1ccc(-n2c3ccccc3c3cc4c(cc32)-c2cc3c(cc2C4)c2nc4cnccc4n2c2cccnc32)cc1. The molecule has 1 aliphatic rings. The van der Waals surface area contributed by atoms with Crippen molar-refractivity contribution in [1.82, 2.24) is 23.9 Å². The standard InChI is InChI=1S/C36H21N5/c1-2-7-23(8-3-1)40-31-10-5-4-9-24(31)27-16-21-15-22-17-29-28(18-25(22)26(21)19-34(27)40)35-33(11-6-13-38-35)41-32-12-14-37-20-30(32)39-36(29)41/h1-14,16-20H,15H2. The van der Waals surface area contributed by atoms with Crippen molar-refractivity contribution in [3.63, 3.8) is 0 Å². The van der Waals surface area contributed by atoms with E-state index in [4.69, 9.17) is 9.97 Å². The van der Waals surface area contributed by atoms with Crippen LogP contribution in [-0.4, -0.2) is 23.9 Å². The molecule has 0 fully saturated rings. The third kappa shape index (κ3) is 2.72. The lowest BCUT2D eigenvalue weighted by Crippen LogP contribution is -1.94. The Labute approximate surface area is 234 Å². The van der Waals surface area contributed by atoms with Crippen molar-refractivity contribution in [2.75, 3.05) is 0 Å². The number of para-hydroxylation sites is 2. The molecule has 0 bridgehead atoms. The fourth-order valence-electron chi connectivity index (χ4n) is 7.08. The molecule has 5 aromatic heterocycles. The highest BCUT2D eigenvalue weighted by atomic mass is 15.0. The zero-order valence-electron chi connectivity index (χ0n) is 21.9. The molecule has 4 aromatic carbocycles. The van der Waals surface area contributed by atoms with Crippen LogP contribution in [0.1, 0.15) is 11.1 Å². The lowest BCUT2D eigenvalue weighted by molar-refractivity contribution is 1.18. The lowest BCUT2D eigenvalue weighted by atomic mass is 9.99. The van der Waals surface area contributed by atoms with Crippen LogP contribution in [0.2, 0.25) is 0 Å². The summed E-state index contributed by atoms with van der Waals surface area (Å²) in [4.78, 5) is 14.3. The summed E-state index contributed by atoms with van der Waals surface area (Å²) < 4.78 is 4.63. The van der Waals surface area contributed by atoms with Gasteiger partial charge < -0.3 is 4.57 Å². The first-order valence-electron chi connectivity index (χ1n) is 13.9. The maximum Gasteiger partial charge on any atom is 0.146 e. The second-order valence-corrected chi connectivity index (χ2v) is 11.0. The fourth-order valence-corrected chi connectivity index (χ4v) is 7.08. The molecular formula is C36H21N5. The van der Waals surface area contributed by atoms with Crippen LogP contribution in [-0.2, 0) is 6.42 Å². The number of imidazole rings is 1. The Hall–Kier alpha value is -5.55. The number of benzene rings is 4. The Morgan fingerprint density at radius 2 is 1.39 bits per heavy atom. The van der Waals surface area contributed by atoms with Gasteiger partial charge >= 0.3 is 0 Å². The Bertz CT molecular complexity index is 2550. The third-order valence-electron chi connectivity index (χ3n) is 8.81. The van der Waals surface area contributed by atoms with Gasteiger partial charge in [0.15, 0.2) is 0 Å². The highest BCUT2D eigenvalue weighted by Crippen LogP contribution is 2.45. The predicted octanol–water partition coefficient (Wildman–Crippen LogP) is 8.25. The first-order valence-corrected chi connectivity index (χ1v) is 13.9. The summed E-state index contributed by atoms with van der Waals surface area (Å²) in [5.74, 6) is 0. The van der Waals surface area contributed by atoms with Crippen LogP contribution in [0.4, 0.5) is 0 Å². The molecule has 0 spiro atoms. The lowest BCUT2D eigenvalue weighted by Gasteiger charge is -2.11. The normalized spacial score (nSPS) is 12.8. The van der Waals surface area contributed by atoms with E-state index in [1.54, 1.807) is 0 Å².